The molecule has 0 amide bonds. The Morgan fingerprint density at radius 1 is 0.619 bits per heavy atom. The third kappa shape index (κ3) is 5.59. The summed E-state index contributed by atoms with van der Waals surface area (Å²) in [6.07, 6.45) is 16.3. The van der Waals surface area contributed by atoms with Crippen LogP contribution in [0, 0.1) is 0 Å². The molecule has 12 heteroatoms. The molecule has 0 radical (unpaired) electrons. The summed E-state index contributed by atoms with van der Waals surface area (Å²) in [6, 6.07) is 12.2. The normalized spacial score (nSPS) is 11.3. The Hall–Kier alpha value is -3.59. The predicted molar refractivity (Wildman–Crippen MR) is 148 cm³/mol. The van der Waals surface area contributed by atoms with Crippen molar-refractivity contribution in [1.29, 1.82) is 0 Å². The van der Waals surface area contributed by atoms with Gasteiger partial charge in [0.05, 0.1) is 62.1 Å². The van der Waals surface area contributed by atoms with Crippen LogP contribution >= 0.6 is 0 Å². The Balaban J connectivity index is 0.00000121. The first-order valence-corrected chi connectivity index (χ1v) is 12.5. The third-order valence-corrected chi connectivity index (χ3v) is 7.07. The maximum Gasteiger partial charge on any atom is 3.00 e. The number of halogens is 3. The van der Waals surface area contributed by atoms with Crippen molar-refractivity contribution >= 4 is 46.4 Å². The van der Waals surface area contributed by atoms with Crippen LogP contribution in [-0.4, -0.2) is 19.1 Å². The fraction of sp³-hybridized carbons (Fsp3) is 0.133. The van der Waals surface area contributed by atoms with Crippen LogP contribution < -0.4 is 56.3 Å². The van der Waals surface area contributed by atoms with E-state index in [-0.39, 0.29) is 54.3 Å². The number of aryl methyl sites for hydroxylation is 4. The van der Waals surface area contributed by atoms with Crippen molar-refractivity contribution in [1.82, 2.24) is 29.1 Å². The van der Waals surface area contributed by atoms with Gasteiger partial charge >= 0.3 is 17.1 Å². The predicted octanol–water partition coefficient (Wildman–Crippen LogP) is -5.42. The zero-order chi connectivity index (χ0) is 26.0. The maximum absolute atomic E-state index is 5.00. The average molecular weight is 660 g/mol. The van der Waals surface area contributed by atoms with Crippen molar-refractivity contribution in [2.45, 2.75) is 0 Å². The van der Waals surface area contributed by atoms with Gasteiger partial charge in [-0.15, -0.1) is 22.1 Å². The zero-order valence-electron chi connectivity index (χ0n) is 23.2. The van der Waals surface area contributed by atoms with Crippen molar-refractivity contribution in [3.8, 4) is 22.8 Å². The van der Waals surface area contributed by atoms with Gasteiger partial charge in [0.15, 0.2) is 0 Å². The second kappa shape index (κ2) is 12.7. The van der Waals surface area contributed by atoms with Gasteiger partial charge in [-0.05, 0) is 24.3 Å². The van der Waals surface area contributed by atoms with Crippen LogP contribution in [0.25, 0.3) is 69.1 Å². The average Bonchev–Trinajstić information content (AvgIpc) is 3.73. The maximum atomic E-state index is 5.00. The summed E-state index contributed by atoms with van der Waals surface area (Å²) < 4.78 is 8.39. The Bertz CT molecular complexity index is 1810. The van der Waals surface area contributed by atoms with Crippen molar-refractivity contribution in [3.63, 3.8) is 0 Å². The molecule has 0 saturated heterocycles. The van der Waals surface area contributed by atoms with Gasteiger partial charge in [0.2, 0.25) is 0 Å². The van der Waals surface area contributed by atoms with E-state index in [2.05, 4.69) is 42.6 Å². The molecule has 5 aromatic rings. The summed E-state index contributed by atoms with van der Waals surface area (Å²) >= 11 is 0. The number of imidazole rings is 2. The fourth-order valence-electron chi connectivity index (χ4n) is 5.30. The van der Waals surface area contributed by atoms with Crippen LogP contribution in [-0.2, 0) is 45.3 Å². The number of nitrogens with zero attached hydrogens (tertiary/aromatic N) is 8. The van der Waals surface area contributed by atoms with E-state index in [1.54, 1.807) is 0 Å². The minimum Gasteiger partial charge on any atom is -1.00 e. The second-order valence-electron chi connectivity index (χ2n) is 9.75. The summed E-state index contributed by atoms with van der Waals surface area (Å²) in [4.78, 5) is 20.0. The first-order valence-electron chi connectivity index (χ1n) is 12.5. The molecule has 2 aliphatic heterocycles. The van der Waals surface area contributed by atoms with Gasteiger partial charge in [-0.1, -0.05) is 36.4 Å². The van der Waals surface area contributed by atoms with Crippen molar-refractivity contribution in [2.24, 2.45) is 28.2 Å². The summed E-state index contributed by atoms with van der Waals surface area (Å²) in [7, 11) is 8.16. The van der Waals surface area contributed by atoms with Crippen molar-refractivity contribution in [3.05, 3.63) is 84.0 Å². The number of hydrogen-bond acceptors (Lipinski definition) is 2. The molecule has 0 aromatic carbocycles. The molecule has 0 fully saturated rings. The molecule has 8 nitrogen and oxygen atoms in total. The monoisotopic (exact) mass is 658 g/mol. The van der Waals surface area contributed by atoms with Gasteiger partial charge < -0.3 is 47.2 Å². The standard InChI is InChI=1S/C30H26N8.3ClH.Mn/c1-35-13-14-36(2)29(35)27-23-9-5-19(31-23)17-21-7-11-25(33-21)28(30-37(3)15-16-38(30)4)26-12-8-22(34-26)18-20-6-10-24(27)32-20;;;;/h5-18H,1-4H3;3*1H;/q;;;;+3/p-3. The minimum absolute atomic E-state index is 0. The molecule has 7 heterocycles. The molecule has 0 spiro atoms. The Labute approximate surface area is 272 Å². The molecule has 0 saturated carbocycles. The van der Waals surface area contributed by atoms with Crippen LogP contribution in [0.5, 0.6) is 0 Å². The SMILES string of the molecule is Cn1cc[n+](C)c1-c1c2nc(cc3ccc([n-]3)c(-c3n(C)cc[n+]3C)c3nc(cc4ccc1[n-]4)C=C3)C=C2.[Cl-].[Cl-].[Cl-].[Mn+3]. The topological polar surface area (TPSA) is 71.6 Å². The zero-order valence-corrected chi connectivity index (χ0v) is 26.6. The van der Waals surface area contributed by atoms with Gasteiger partial charge in [-0.3, -0.25) is 0 Å². The van der Waals surface area contributed by atoms with E-state index < -0.39 is 0 Å². The van der Waals surface area contributed by atoms with E-state index in [0.717, 1.165) is 67.6 Å². The van der Waals surface area contributed by atoms with E-state index in [1.165, 1.54) is 0 Å². The van der Waals surface area contributed by atoms with E-state index in [0.29, 0.717) is 0 Å². The molecular weight excluding hydrogens is 634 g/mol. The van der Waals surface area contributed by atoms with Crippen LogP contribution in [0.4, 0.5) is 0 Å². The molecule has 214 valence electrons. The van der Waals surface area contributed by atoms with Crippen molar-refractivity contribution in [2.75, 3.05) is 0 Å². The summed E-state index contributed by atoms with van der Waals surface area (Å²) in [5.41, 5.74) is 8.84. The summed E-state index contributed by atoms with van der Waals surface area (Å²) in [5, 5.41) is 0. The summed E-state index contributed by atoms with van der Waals surface area (Å²) in [5.74, 6) is 2.05. The molecule has 0 aliphatic carbocycles. The molecule has 2 aliphatic rings. The number of hydrogen-bond donors (Lipinski definition) is 0. The molecule has 0 N–H and O–H groups in total. The number of fused-ring (bicyclic) bond motifs is 8. The Morgan fingerprint density at radius 2 is 1.02 bits per heavy atom. The molecule has 0 unspecified atom stereocenters. The number of aromatic nitrogens is 8. The van der Waals surface area contributed by atoms with Crippen LogP contribution in [0.1, 0.15) is 22.8 Å². The molecule has 5 aromatic heterocycles. The molecule has 0 atom stereocenters. The van der Waals surface area contributed by atoms with Crippen molar-refractivity contribution < 1.29 is 63.4 Å². The minimum atomic E-state index is 0. The molecule has 7 rings (SSSR count). The first-order chi connectivity index (χ1) is 18.4. The molecule has 42 heavy (non-hydrogen) atoms. The van der Waals surface area contributed by atoms with E-state index in [9.17, 15) is 0 Å². The van der Waals surface area contributed by atoms with E-state index in [4.69, 9.17) is 19.9 Å². The largest absolute Gasteiger partial charge is 3.00 e. The fourth-order valence-corrected chi connectivity index (χ4v) is 5.30. The van der Waals surface area contributed by atoms with Gasteiger partial charge in [0.1, 0.15) is 24.8 Å². The first kappa shape index (κ1) is 32.9. The summed E-state index contributed by atoms with van der Waals surface area (Å²) in [6.45, 7) is 0. The Kier molecular flexibility index (Phi) is 9.98. The van der Waals surface area contributed by atoms with Gasteiger partial charge in [-0.2, -0.15) is 0 Å². The molecular formula is C30H26Cl3MnN8. The quantitative estimate of drug-likeness (QED) is 0.137. The van der Waals surface area contributed by atoms with Gasteiger partial charge in [0, 0.05) is 0 Å². The van der Waals surface area contributed by atoms with Crippen LogP contribution in [0.2, 0.25) is 0 Å². The molecule has 8 bridgehead atoms. The third-order valence-electron chi connectivity index (χ3n) is 7.07. The second-order valence-corrected chi connectivity index (χ2v) is 9.75. The Morgan fingerprint density at radius 3 is 1.38 bits per heavy atom. The van der Waals surface area contributed by atoms with Gasteiger partial charge in [-0.25, -0.2) is 28.2 Å². The van der Waals surface area contributed by atoms with Gasteiger partial charge in [0.25, 0.3) is 11.6 Å². The van der Waals surface area contributed by atoms with E-state index in [1.807, 2.05) is 89.4 Å². The number of rotatable bonds is 2. The smallest absolute Gasteiger partial charge is 1.00 e. The van der Waals surface area contributed by atoms with Crippen LogP contribution in [0.3, 0.4) is 0 Å². The van der Waals surface area contributed by atoms with E-state index >= 15 is 0 Å². The van der Waals surface area contributed by atoms with Crippen LogP contribution in [0.15, 0.2) is 61.2 Å².